The van der Waals surface area contributed by atoms with Crippen molar-refractivity contribution < 1.29 is 4.42 Å². The minimum atomic E-state index is 0.668. The Morgan fingerprint density at radius 2 is 2.00 bits per heavy atom. The first-order valence-electron chi connectivity index (χ1n) is 9.39. The van der Waals surface area contributed by atoms with Gasteiger partial charge in [-0.25, -0.2) is 15.0 Å². The van der Waals surface area contributed by atoms with Crippen molar-refractivity contribution in [1.82, 2.24) is 19.9 Å². The number of aromatic nitrogens is 3. The summed E-state index contributed by atoms with van der Waals surface area (Å²) in [5, 5.41) is 1.11. The van der Waals surface area contributed by atoms with Crippen molar-refractivity contribution in [2.45, 2.75) is 26.4 Å². The monoisotopic (exact) mass is 388 g/mol. The van der Waals surface area contributed by atoms with Gasteiger partial charge in [0.25, 0.3) is 0 Å². The van der Waals surface area contributed by atoms with Crippen LogP contribution in [0.25, 0.3) is 22.8 Å². The van der Waals surface area contributed by atoms with Crippen molar-refractivity contribution in [2.75, 3.05) is 6.54 Å². The van der Waals surface area contributed by atoms with Crippen molar-refractivity contribution in [3.63, 3.8) is 0 Å². The number of aryl methyl sites for hydroxylation is 1. The van der Waals surface area contributed by atoms with Crippen LogP contribution in [0.15, 0.2) is 59.3 Å². The summed E-state index contributed by atoms with van der Waals surface area (Å²) in [5.41, 5.74) is 4.62. The van der Waals surface area contributed by atoms with Crippen LogP contribution in [-0.2, 0) is 19.5 Å². The SMILES string of the molecule is Cc1nc(-c2ccccc2)c(CN2CCc3nc(-c4ccco4)ncc3C2)s1. The van der Waals surface area contributed by atoms with Gasteiger partial charge in [-0.1, -0.05) is 30.3 Å². The maximum atomic E-state index is 5.43. The molecule has 0 radical (unpaired) electrons. The van der Waals surface area contributed by atoms with E-state index in [0.29, 0.717) is 5.82 Å². The van der Waals surface area contributed by atoms with E-state index in [-0.39, 0.29) is 0 Å². The number of nitrogens with zero attached hydrogens (tertiary/aromatic N) is 4. The molecular formula is C22H20N4OS. The predicted octanol–water partition coefficient (Wildman–Crippen LogP) is 4.73. The van der Waals surface area contributed by atoms with Gasteiger partial charge in [-0.3, -0.25) is 4.90 Å². The molecule has 4 aromatic rings. The molecule has 5 rings (SSSR count). The Kier molecular flexibility index (Phi) is 4.50. The highest BCUT2D eigenvalue weighted by atomic mass is 32.1. The standard InChI is InChI=1S/C22H20N4OS/c1-15-24-21(16-6-3-2-4-7-16)20(28-15)14-26-10-9-18-17(13-26)12-23-22(25-18)19-8-5-11-27-19/h2-8,11-12H,9-10,13-14H2,1H3. The first-order valence-corrected chi connectivity index (χ1v) is 10.2. The zero-order valence-electron chi connectivity index (χ0n) is 15.6. The van der Waals surface area contributed by atoms with Gasteiger partial charge in [0.2, 0.25) is 0 Å². The van der Waals surface area contributed by atoms with Crippen LogP contribution in [0, 0.1) is 6.92 Å². The molecule has 1 aromatic carbocycles. The molecule has 140 valence electrons. The Hall–Kier alpha value is -2.83. The zero-order valence-corrected chi connectivity index (χ0v) is 16.4. The van der Waals surface area contributed by atoms with Crippen LogP contribution in [0.2, 0.25) is 0 Å². The van der Waals surface area contributed by atoms with Gasteiger partial charge in [0.05, 0.1) is 22.7 Å². The van der Waals surface area contributed by atoms with Gasteiger partial charge in [-0.2, -0.15) is 0 Å². The summed E-state index contributed by atoms with van der Waals surface area (Å²) in [5.74, 6) is 1.39. The number of thiazole rings is 1. The average Bonchev–Trinajstić information content (AvgIpc) is 3.38. The summed E-state index contributed by atoms with van der Waals surface area (Å²) >= 11 is 1.79. The van der Waals surface area contributed by atoms with Crippen molar-refractivity contribution >= 4 is 11.3 Å². The molecule has 0 saturated carbocycles. The number of rotatable bonds is 4. The molecule has 5 nitrogen and oxygen atoms in total. The zero-order chi connectivity index (χ0) is 18.9. The topological polar surface area (TPSA) is 55.1 Å². The van der Waals surface area contributed by atoms with Crippen molar-refractivity contribution in [1.29, 1.82) is 0 Å². The van der Waals surface area contributed by atoms with E-state index < -0.39 is 0 Å². The van der Waals surface area contributed by atoms with E-state index in [1.165, 1.54) is 16.0 Å². The van der Waals surface area contributed by atoms with Crippen LogP contribution in [0.4, 0.5) is 0 Å². The third-order valence-electron chi connectivity index (χ3n) is 4.97. The number of furan rings is 1. The molecule has 6 heteroatoms. The van der Waals surface area contributed by atoms with Gasteiger partial charge in [-0.05, 0) is 19.1 Å². The lowest BCUT2D eigenvalue weighted by molar-refractivity contribution is 0.245. The smallest absolute Gasteiger partial charge is 0.195 e. The van der Waals surface area contributed by atoms with Gasteiger partial charge in [0.1, 0.15) is 0 Å². The number of fused-ring (bicyclic) bond motifs is 1. The molecule has 0 aliphatic carbocycles. The van der Waals surface area contributed by atoms with Crippen LogP contribution in [0.1, 0.15) is 21.1 Å². The van der Waals surface area contributed by atoms with Gasteiger partial charge < -0.3 is 4.42 Å². The fourth-order valence-electron chi connectivity index (χ4n) is 3.64. The summed E-state index contributed by atoms with van der Waals surface area (Å²) in [6.07, 6.45) is 4.52. The quantitative estimate of drug-likeness (QED) is 0.506. The maximum absolute atomic E-state index is 5.43. The van der Waals surface area contributed by atoms with Gasteiger partial charge in [0.15, 0.2) is 11.6 Å². The molecule has 0 unspecified atom stereocenters. The Morgan fingerprint density at radius 3 is 2.82 bits per heavy atom. The van der Waals surface area contributed by atoms with Crippen LogP contribution >= 0.6 is 11.3 Å². The molecule has 28 heavy (non-hydrogen) atoms. The van der Waals surface area contributed by atoms with E-state index in [0.717, 1.165) is 48.2 Å². The van der Waals surface area contributed by atoms with E-state index in [1.54, 1.807) is 17.6 Å². The molecule has 1 aliphatic rings. The van der Waals surface area contributed by atoms with Gasteiger partial charge >= 0.3 is 0 Å². The highest BCUT2D eigenvalue weighted by molar-refractivity contribution is 7.12. The number of hydrogen-bond acceptors (Lipinski definition) is 6. The highest BCUT2D eigenvalue weighted by Crippen LogP contribution is 2.30. The first kappa shape index (κ1) is 17.3. The summed E-state index contributed by atoms with van der Waals surface area (Å²) < 4.78 is 5.43. The summed E-state index contributed by atoms with van der Waals surface area (Å²) in [6.45, 7) is 4.82. The van der Waals surface area contributed by atoms with Crippen LogP contribution in [-0.4, -0.2) is 26.4 Å². The van der Waals surface area contributed by atoms with Gasteiger partial charge in [-0.15, -0.1) is 11.3 Å². The number of hydrogen-bond donors (Lipinski definition) is 0. The first-order chi connectivity index (χ1) is 13.8. The second-order valence-electron chi connectivity index (χ2n) is 6.97. The lowest BCUT2D eigenvalue weighted by atomic mass is 10.1. The van der Waals surface area contributed by atoms with E-state index >= 15 is 0 Å². The lowest BCUT2D eigenvalue weighted by Crippen LogP contribution is -2.30. The molecule has 0 spiro atoms. The molecule has 0 saturated heterocycles. The molecule has 0 amide bonds. The fraction of sp³-hybridized carbons (Fsp3) is 0.227. The van der Waals surface area contributed by atoms with Crippen molar-refractivity contribution in [3.8, 4) is 22.8 Å². The lowest BCUT2D eigenvalue weighted by Gasteiger charge is -2.27. The van der Waals surface area contributed by atoms with Crippen LogP contribution in [0.5, 0.6) is 0 Å². The predicted molar refractivity (Wildman–Crippen MR) is 110 cm³/mol. The molecule has 0 atom stereocenters. The summed E-state index contributed by atoms with van der Waals surface area (Å²) in [7, 11) is 0. The second-order valence-corrected chi connectivity index (χ2v) is 8.26. The molecule has 0 fully saturated rings. The Bertz CT molecular complexity index is 1090. The molecular weight excluding hydrogens is 368 g/mol. The van der Waals surface area contributed by atoms with E-state index in [1.807, 2.05) is 24.4 Å². The second kappa shape index (κ2) is 7.30. The Morgan fingerprint density at radius 1 is 1.11 bits per heavy atom. The molecule has 3 aromatic heterocycles. The van der Waals surface area contributed by atoms with E-state index in [4.69, 9.17) is 14.4 Å². The fourth-order valence-corrected chi connectivity index (χ4v) is 4.64. The maximum Gasteiger partial charge on any atom is 0.195 e. The average molecular weight is 388 g/mol. The van der Waals surface area contributed by atoms with Gasteiger partial charge in [0, 0.05) is 48.3 Å². The molecule has 4 heterocycles. The number of benzene rings is 1. The van der Waals surface area contributed by atoms with Crippen molar-refractivity contribution in [3.05, 3.63) is 76.1 Å². The van der Waals surface area contributed by atoms with E-state index in [2.05, 4.69) is 41.1 Å². The van der Waals surface area contributed by atoms with Crippen molar-refractivity contribution in [2.24, 2.45) is 0 Å². The largest absolute Gasteiger partial charge is 0.461 e. The van der Waals surface area contributed by atoms with E-state index in [9.17, 15) is 0 Å². The minimum absolute atomic E-state index is 0.668. The van der Waals surface area contributed by atoms with Crippen LogP contribution < -0.4 is 0 Å². The normalized spacial score (nSPS) is 14.2. The Labute approximate surface area is 167 Å². The molecule has 1 aliphatic heterocycles. The van der Waals surface area contributed by atoms with Crippen LogP contribution in [0.3, 0.4) is 0 Å². The summed E-state index contributed by atoms with van der Waals surface area (Å²) in [4.78, 5) is 17.8. The molecule has 0 N–H and O–H groups in total. The Balaban J connectivity index is 1.37. The summed E-state index contributed by atoms with van der Waals surface area (Å²) in [6, 6.07) is 14.2. The highest BCUT2D eigenvalue weighted by Gasteiger charge is 2.22. The molecule has 0 bridgehead atoms. The third-order valence-corrected chi connectivity index (χ3v) is 5.93. The third kappa shape index (κ3) is 3.37. The minimum Gasteiger partial charge on any atom is -0.461 e.